The highest BCUT2D eigenvalue weighted by atomic mass is 16.4. The Kier molecular flexibility index (Phi) is 3.87. The van der Waals surface area contributed by atoms with Crippen LogP contribution in [0.4, 0.5) is 11.5 Å². The van der Waals surface area contributed by atoms with E-state index in [-0.39, 0.29) is 17.0 Å². The Hall–Kier alpha value is -2.61. The van der Waals surface area contributed by atoms with Crippen molar-refractivity contribution in [3.05, 3.63) is 28.0 Å². The van der Waals surface area contributed by atoms with Crippen LogP contribution in [0.25, 0.3) is 11.0 Å². The molecule has 0 spiro atoms. The molecule has 26 heavy (non-hydrogen) atoms. The smallest absolute Gasteiger partial charge is 0.341 e. The van der Waals surface area contributed by atoms with Crippen LogP contribution in [0.2, 0.25) is 0 Å². The van der Waals surface area contributed by atoms with Gasteiger partial charge in [-0.25, -0.2) is 9.78 Å². The van der Waals surface area contributed by atoms with E-state index in [2.05, 4.69) is 24.1 Å². The monoisotopic (exact) mass is 357 g/mol. The molecule has 1 saturated heterocycles. The van der Waals surface area contributed by atoms with E-state index >= 15 is 0 Å². The fraction of sp³-hybridized carbons (Fsp3) is 0.500. The maximum absolute atomic E-state index is 12.6. The molecule has 0 aromatic carbocycles. The Bertz CT molecular complexity index is 940. The minimum atomic E-state index is -1.22. The lowest BCUT2D eigenvalue weighted by molar-refractivity contribution is 0.0695. The second kappa shape index (κ2) is 5.98. The van der Waals surface area contributed by atoms with Crippen molar-refractivity contribution in [1.82, 2.24) is 14.9 Å². The van der Waals surface area contributed by atoms with Gasteiger partial charge < -0.3 is 25.6 Å². The van der Waals surface area contributed by atoms with Gasteiger partial charge in [-0.1, -0.05) is 0 Å². The van der Waals surface area contributed by atoms with Crippen molar-refractivity contribution < 1.29 is 9.90 Å². The van der Waals surface area contributed by atoms with E-state index in [0.29, 0.717) is 29.2 Å². The third-order valence-electron chi connectivity index (χ3n) is 5.04. The molecule has 2 fully saturated rings. The molecule has 0 radical (unpaired) electrons. The van der Waals surface area contributed by atoms with Gasteiger partial charge in [-0.05, 0) is 32.8 Å². The van der Waals surface area contributed by atoms with E-state index in [1.54, 1.807) is 6.07 Å². The number of pyridine rings is 2. The van der Waals surface area contributed by atoms with Crippen molar-refractivity contribution in [2.24, 2.45) is 0 Å². The Morgan fingerprint density at radius 3 is 2.54 bits per heavy atom. The molecule has 1 saturated carbocycles. The van der Waals surface area contributed by atoms with Gasteiger partial charge in [0.15, 0.2) is 5.82 Å². The average Bonchev–Trinajstić information content (AvgIpc) is 3.38. The summed E-state index contributed by atoms with van der Waals surface area (Å²) in [6, 6.07) is 2.38. The molecule has 138 valence electrons. The summed E-state index contributed by atoms with van der Waals surface area (Å²) in [7, 11) is 0. The van der Waals surface area contributed by atoms with Gasteiger partial charge in [-0.15, -0.1) is 0 Å². The van der Waals surface area contributed by atoms with Gasteiger partial charge in [0.25, 0.3) is 0 Å². The predicted molar refractivity (Wildman–Crippen MR) is 99.9 cm³/mol. The fourth-order valence-electron chi connectivity index (χ4n) is 3.81. The molecule has 1 aliphatic carbocycles. The molecular weight excluding hydrogens is 334 g/mol. The van der Waals surface area contributed by atoms with Crippen LogP contribution in [0.15, 0.2) is 17.1 Å². The van der Waals surface area contributed by atoms with Gasteiger partial charge in [0.1, 0.15) is 11.2 Å². The summed E-state index contributed by atoms with van der Waals surface area (Å²) >= 11 is 0. The van der Waals surface area contributed by atoms with Crippen LogP contribution in [0.1, 0.15) is 43.1 Å². The van der Waals surface area contributed by atoms with E-state index in [1.165, 1.54) is 6.20 Å². The van der Waals surface area contributed by atoms with Crippen molar-refractivity contribution in [3.8, 4) is 0 Å². The van der Waals surface area contributed by atoms with E-state index in [9.17, 15) is 14.7 Å². The number of piperazine rings is 1. The zero-order valence-electron chi connectivity index (χ0n) is 14.9. The highest BCUT2D eigenvalue weighted by Gasteiger charge is 2.29. The molecule has 8 nitrogen and oxygen atoms in total. The first-order valence-electron chi connectivity index (χ1n) is 8.94. The van der Waals surface area contributed by atoms with Crippen LogP contribution in [-0.4, -0.2) is 45.8 Å². The summed E-state index contributed by atoms with van der Waals surface area (Å²) in [5.41, 5.74) is 6.38. The molecule has 8 heteroatoms. The number of nitrogens with one attached hydrogen (secondary N) is 1. The zero-order valence-corrected chi connectivity index (χ0v) is 14.9. The lowest BCUT2D eigenvalue weighted by atomic mass is 10.1. The number of aromatic carboxylic acids is 1. The lowest BCUT2D eigenvalue weighted by Crippen LogP contribution is -2.54. The van der Waals surface area contributed by atoms with Crippen molar-refractivity contribution in [2.75, 3.05) is 23.7 Å². The Balaban J connectivity index is 1.91. The third-order valence-corrected chi connectivity index (χ3v) is 5.04. The van der Waals surface area contributed by atoms with Crippen LogP contribution >= 0.6 is 0 Å². The summed E-state index contributed by atoms with van der Waals surface area (Å²) in [4.78, 5) is 30.9. The molecule has 4 N–H and O–H groups in total. The van der Waals surface area contributed by atoms with Crippen molar-refractivity contribution in [1.29, 1.82) is 0 Å². The quantitative estimate of drug-likeness (QED) is 0.756. The SMILES string of the molecule is CC1CN(c2nc3c(cc2N)c(=O)c(C(=O)O)cn3C2CC2)CC(C)N1. The standard InChI is InChI=1S/C18H23N5O3/c1-9-6-22(7-10(2)20-9)17-14(19)5-12-15(24)13(18(25)26)8-23(11-3-4-11)16(12)21-17/h5,8-11,20H,3-4,6-7,19H2,1-2H3,(H,25,26). The fourth-order valence-corrected chi connectivity index (χ4v) is 3.81. The zero-order chi connectivity index (χ0) is 18.6. The molecule has 3 heterocycles. The number of fused-ring (bicyclic) bond motifs is 1. The Morgan fingerprint density at radius 2 is 1.96 bits per heavy atom. The van der Waals surface area contributed by atoms with Crippen molar-refractivity contribution >= 4 is 28.5 Å². The predicted octanol–water partition coefficient (Wildman–Crippen LogP) is 1.20. The van der Waals surface area contributed by atoms with E-state index in [1.807, 2.05) is 4.57 Å². The molecule has 2 aromatic rings. The summed E-state index contributed by atoms with van der Waals surface area (Å²) < 4.78 is 1.83. The number of anilines is 2. The maximum atomic E-state index is 12.6. The highest BCUT2D eigenvalue weighted by molar-refractivity contribution is 5.93. The molecule has 0 bridgehead atoms. The number of hydrogen-bond donors (Lipinski definition) is 3. The third kappa shape index (κ3) is 2.80. The van der Waals surface area contributed by atoms with Gasteiger partial charge in [0.2, 0.25) is 5.43 Å². The van der Waals surface area contributed by atoms with Gasteiger partial charge in [-0.3, -0.25) is 4.79 Å². The number of nitrogen functional groups attached to an aromatic ring is 1. The van der Waals surface area contributed by atoms with Crippen LogP contribution in [0.3, 0.4) is 0 Å². The molecule has 2 unspecified atom stereocenters. The molecule has 2 aliphatic rings. The minimum absolute atomic E-state index is 0.195. The molecule has 2 atom stereocenters. The molecule has 2 aromatic heterocycles. The Morgan fingerprint density at radius 1 is 1.31 bits per heavy atom. The molecule has 4 rings (SSSR count). The summed E-state index contributed by atoms with van der Waals surface area (Å²) in [5, 5.41) is 13.1. The van der Waals surface area contributed by atoms with Crippen LogP contribution in [-0.2, 0) is 0 Å². The van der Waals surface area contributed by atoms with Gasteiger partial charge >= 0.3 is 5.97 Å². The molecule has 0 amide bonds. The number of nitrogens with two attached hydrogens (primary N) is 1. The molecular formula is C18H23N5O3. The number of carbonyl (C=O) groups is 1. The number of carboxylic acids is 1. The Labute approximate surface area is 150 Å². The summed E-state index contributed by atoms with van der Waals surface area (Å²) in [6.45, 7) is 5.76. The minimum Gasteiger partial charge on any atom is -0.477 e. The van der Waals surface area contributed by atoms with Crippen molar-refractivity contribution in [3.63, 3.8) is 0 Å². The summed E-state index contributed by atoms with van der Waals surface area (Å²) in [5.74, 6) is -0.562. The largest absolute Gasteiger partial charge is 0.477 e. The first kappa shape index (κ1) is 16.8. The number of aromatic nitrogens is 2. The van der Waals surface area contributed by atoms with Gasteiger partial charge in [0.05, 0.1) is 11.1 Å². The van der Waals surface area contributed by atoms with Gasteiger partial charge in [-0.2, -0.15) is 0 Å². The number of hydrogen-bond acceptors (Lipinski definition) is 6. The second-order valence-corrected chi connectivity index (χ2v) is 7.46. The highest BCUT2D eigenvalue weighted by Crippen LogP contribution is 2.37. The van der Waals surface area contributed by atoms with Crippen LogP contribution < -0.4 is 21.4 Å². The van der Waals surface area contributed by atoms with Gasteiger partial charge in [0, 0.05) is 37.4 Å². The van der Waals surface area contributed by atoms with E-state index < -0.39 is 11.4 Å². The first-order valence-corrected chi connectivity index (χ1v) is 8.94. The first-order chi connectivity index (χ1) is 12.3. The molecule has 1 aliphatic heterocycles. The van der Waals surface area contributed by atoms with Crippen LogP contribution in [0, 0.1) is 0 Å². The number of rotatable bonds is 3. The topological polar surface area (TPSA) is 113 Å². The van der Waals surface area contributed by atoms with E-state index in [0.717, 1.165) is 25.9 Å². The van der Waals surface area contributed by atoms with Crippen molar-refractivity contribution in [2.45, 2.75) is 44.8 Å². The van der Waals surface area contributed by atoms with Crippen LogP contribution in [0.5, 0.6) is 0 Å². The second-order valence-electron chi connectivity index (χ2n) is 7.46. The number of carboxylic acid groups (broad SMARTS) is 1. The number of nitrogens with zero attached hydrogens (tertiary/aromatic N) is 3. The maximum Gasteiger partial charge on any atom is 0.341 e. The average molecular weight is 357 g/mol. The van der Waals surface area contributed by atoms with E-state index in [4.69, 9.17) is 10.7 Å². The lowest BCUT2D eigenvalue weighted by Gasteiger charge is -2.37. The summed E-state index contributed by atoms with van der Waals surface area (Å²) in [6.07, 6.45) is 3.35. The normalized spacial score (nSPS) is 23.4.